The number of amides is 2. The van der Waals surface area contributed by atoms with Crippen LogP contribution >= 0.6 is 0 Å². The summed E-state index contributed by atoms with van der Waals surface area (Å²) in [6.07, 6.45) is 0. The zero-order valence-electron chi connectivity index (χ0n) is 12.5. The van der Waals surface area contributed by atoms with Crippen LogP contribution in [0, 0.1) is 5.92 Å². The summed E-state index contributed by atoms with van der Waals surface area (Å²) in [6.45, 7) is 5.98. The molecule has 5 nitrogen and oxygen atoms in total. The number of rotatable bonds is 5. The molecule has 5 heteroatoms. The average molecular weight is 277 g/mol. The minimum atomic E-state index is -0.0790. The molecule has 0 aliphatic heterocycles. The lowest BCUT2D eigenvalue weighted by atomic mass is 10.1. The molecule has 110 valence electrons. The number of anilines is 1. The summed E-state index contributed by atoms with van der Waals surface area (Å²) in [5, 5.41) is 2.79. The number of nitrogens with two attached hydrogens (primary N) is 1. The van der Waals surface area contributed by atoms with Crippen LogP contribution in [-0.4, -0.2) is 36.3 Å². The van der Waals surface area contributed by atoms with Gasteiger partial charge in [0, 0.05) is 36.8 Å². The fourth-order valence-electron chi connectivity index (χ4n) is 1.54. The lowest BCUT2D eigenvalue weighted by molar-refractivity contribution is -0.118. The molecule has 1 rings (SSSR count). The Morgan fingerprint density at radius 1 is 1.20 bits per heavy atom. The molecule has 1 atom stereocenters. The van der Waals surface area contributed by atoms with Crippen LogP contribution in [-0.2, 0) is 4.79 Å². The van der Waals surface area contributed by atoms with Gasteiger partial charge >= 0.3 is 0 Å². The third-order valence-electron chi connectivity index (χ3n) is 3.25. The second kappa shape index (κ2) is 7.05. The molecule has 0 aliphatic carbocycles. The van der Waals surface area contributed by atoms with Crippen LogP contribution < -0.4 is 11.1 Å². The number of likely N-dealkylation sites (N-methyl/N-ethyl adjacent to an activating group) is 1. The topological polar surface area (TPSA) is 75.4 Å². The maximum Gasteiger partial charge on any atom is 0.253 e. The van der Waals surface area contributed by atoms with Gasteiger partial charge in [-0.05, 0) is 31.2 Å². The maximum atomic E-state index is 12.2. The number of nitrogens with one attached hydrogen (secondary N) is 1. The van der Waals surface area contributed by atoms with Crippen molar-refractivity contribution < 1.29 is 9.59 Å². The quantitative estimate of drug-likeness (QED) is 0.860. The van der Waals surface area contributed by atoms with E-state index in [1.165, 1.54) is 0 Å². The van der Waals surface area contributed by atoms with Gasteiger partial charge in [-0.3, -0.25) is 9.59 Å². The van der Waals surface area contributed by atoms with E-state index in [9.17, 15) is 9.59 Å². The monoisotopic (exact) mass is 277 g/mol. The van der Waals surface area contributed by atoms with Crippen molar-refractivity contribution in [3.63, 3.8) is 0 Å². The van der Waals surface area contributed by atoms with Gasteiger partial charge in [0.05, 0.1) is 0 Å². The van der Waals surface area contributed by atoms with Crippen molar-refractivity contribution in [2.45, 2.75) is 26.8 Å². The van der Waals surface area contributed by atoms with Crippen LogP contribution in [0.1, 0.15) is 31.1 Å². The molecule has 0 heterocycles. The Kier molecular flexibility index (Phi) is 5.70. The Morgan fingerprint density at radius 3 is 2.20 bits per heavy atom. The van der Waals surface area contributed by atoms with E-state index in [2.05, 4.69) is 5.32 Å². The molecule has 2 amide bonds. The van der Waals surface area contributed by atoms with E-state index in [1.807, 2.05) is 20.8 Å². The van der Waals surface area contributed by atoms with Crippen molar-refractivity contribution >= 4 is 17.5 Å². The standard InChI is InChI=1S/C15H23N3O2/c1-10(2)14(19)17-13-7-5-12(6-8-13)15(20)18(4)11(3)9-16/h5-8,10-11H,9,16H2,1-4H3,(H,17,19). The number of carbonyl (C=O) groups is 2. The third-order valence-corrected chi connectivity index (χ3v) is 3.25. The number of hydrogen-bond donors (Lipinski definition) is 2. The van der Waals surface area contributed by atoms with Crippen LogP contribution in [0.5, 0.6) is 0 Å². The van der Waals surface area contributed by atoms with E-state index in [4.69, 9.17) is 5.73 Å². The van der Waals surface area contributed by atoms with Crippen LogP contribution in [0.15, 0.2) is 24.3 Å². The fourth-order valence-corrected chi connectivity index (χ4v) is 1.54. The molecule has 0 aliphatic rings. The SMILES string of the molecule is CC(C)C(=O)Nc1ccc(C(=O)N(C)C(C)CN)cc1. The van der Waals surface area contributed by atoms with Crippen LogP contribution in [0.3, 0.4) is 0 Å². The second-order valence-corrected chi connectivity index (χ2v) is 5.22. The number of nitrogens with zero attached hydrogens (tertiary/aromatic N) is 1. The molecule has 0 spiro atoms. The largest absolute Gasteiger partial charge is 0.338 e. The molecular weight excluding hydrogens is 254 g/mol. The van der Waals surface area contributed by atoms with Gasteiger partial charge in [0.25, 0.3) is 5.91 Å². The van der Waals surface area contributed by atoms with Gasteiger partial charge in [0.15, 0.2) is 0 Å². The van der Waals surface area contributed by atoms with E-state index in [0.717, 1.165) is 0 Å². The highest BCUT2D eigenvalue weighted by molar-refractivity contribution is 5.96. The van der Waals surface area contributed by atoms with Gasteiger partial charge in [-0.25, -0.2) is 0 Å². The maximum absolute atomic E-state index is 12.2. The van der Waals surface area contributed by atoms with Gasteiger partial charge in [0.2, 0.25) is 5.91 Å². The minimum Gasteiger partial charge on any atom is -0.338 e. The molecule has 0 radical (unpaired) electrons. The summed E-state index contributed by atoms with van der Waals surface area (Å²) in [6, 6.07) is 6.86. The molecular formula is C15H23N3O2. The molecule has 0 aromatic heterocycles. The third kappa shape index (κ3) is 4.06. The highest BCUT2D eigenvalue weighted by atomic mass is 16.2. The normalized spacial score (nSPS) is 12.1. The van der Waals surface area contributed by atoms with E-state index >= 15 is 0 Å². The number of carbonyl (C=O) groups excluding carboxylic acids is 2. The second-order valence-electron chi connectivity index (χ2n) is 5.22. The zero-order valence-corrected chi connectivity index (χ0v) is 12.5. The first kappa shape index (κ1) is 16.2. The van der Waals surface area contributed by atoms with Crippen molar-refractivity contribution in [2.75, 3.05) is 18.9 Å². The molecule has 1 unspecified atom stereocenters. The summed E-state index contributed by atoms with van der Waals surface area (Å²) >= 11 is 0. The smallest absolute Gasteiger partial charge is 0.253 e. The fraction of sp³-hybridized carbons (Fsp3) is 0.467. The molecule has 0 fully saturated rings. The highest BCUT2D eigenvalue weighted by Crippen LogP contribution is 2.13. The van der Waals surface area contributed by atoms with Gasteiger partial charge in [-0.2, -0.15) is 0 Å². The molecule has 20 heavy (non-hydrogen) atoms. The van der Waals surface area contributed by atoms with E-state index in [0.29, 0.717) is 17.8 Å². The van der Waals surface area contributed by atoms with Crippen molar-refractivity contribution in [1.29, 1.82) is 0 Å². The first-order valence-corrected chi connectivity index (χ1v) is 6.75. The van der Waals surface area contributed by atoms with Gasteiger partial charge < -0.3 is 16.0 Å². The van der Waals surface area contributed by atoms with Crippen LogP contribution in [0.4, 0.5) is 5.69 Å². The summed E-state index contributed by atoms with van der Waals surface area (Å²) in [7, 11) is 1.73. The molecule has 0 bridgehead atoms. The predicted molar refractivity (Wildman–Crippen MR) is 80.5 cm³/mol. The predicted octanol–water partition coefficient (Wildman–Crippen LogP) is 1.70. The zero-order chi connectivity index (χ0) is 15.3. The van der Waals surface area contributed by atoms with Crippen molar-refractivity contribution in [2.24, 2.45) is 11.7 Å². The molecule has 1 aromatic rings. The average Bonchev–Trinajstić information content (AvgIpc) is 2.45. The van der Waals surface area contributed by atoms with E-state index in [1.54, 1.807) is 36.2 Å². The van der Waals surface area contributed by atoms with Crippen LogP contribution in [0.2, 0.25) is 0 Å². The number of benzene rings is 1. The lowest BCUT2D eigenvalue weighted by Gasteiger charge is -2.23. The van der Waals surface area contributed by atoms with Gasteiger partial charge in [0.1, 0.15) is 0 Å². The van der Waals surface area contributed by atoms with Gasteiger partial charge in [-0.15, -0.1) is 0 Å². The van der Waals surface area contributed by atoms with E-state index in [-0.39, 0.29) is 23.8 Å². The first-order valence-electron chi connectivity index (χ1n) is 6.75. The summed E-state index contributed by atoms with van der Waals surface area (Å²) < 4.78 is 0. The Bertz CT molecular complexity index is 469. The Morgan fingerprint density at radius 2 is 1.75 bits per heavy atom. The van der Waals surface area contributed by atoms with Crippen molar-refractivity contribution in [3.8, 4) is 0 Å². The molecule has 0 saturated carbocycles. The highest BCUT2D eigenvalue weighted by Gasteiger charge is 2.16. The summed E-state index contributed by atoms with van der Waals surface area (Å²) in [4.78, 5) is 25.3. The Balaban J connectivity index is 2.76. The molecule has 0 saturated heterocycles. The minimum absolute atomic E-state index is 0.0113. The van der Waals surface area contributed by atoms with Crippen molar-refractivity contribution in [1.82, 2.24) is 4.90 Å². The molecule has 1 aromatic carbocycles. The summed E-state index contributed by atoms with van der Waals surface area (Å²) in [5.74, 6) is -0.199. The molecule has 3 N–H and O–H groups in total. The van der Waals surface area contributed by atoms with Gasteiger partial charge in [-0.1, -0.05) is 13.8 Å². The number of hydrogen-bond acceptors (Lipinski definition) is 3. The Labute approximate surface area is 120 Å². The van der Waals surface area contributed by atoms with Crippen molar-refractivity contribution in [3.05, 3.63) is 29.8 Å². The first-order chi connectivity index (χ1) is 9.36. The lowest BCUT2D eigenvalue weighted by Crippen LogP contribution is -2.39. The summed E-state index contributed by atoms with van der Waals surface area (Å²) in [5.41, 5.74) is 6.82. The Hall–Kier alpha value is -1.88. The van der Waals surface area contributed by atoms with E-state index < -0.39 is 0 Å². The van der Waals surface area contributed by atoms with Crippen LogP contribution in [0.25, 0.3) is 0 Å².